The Balaban J connectivity index is 1.33. The van der Waals surface area contributed by atoms with Crippen LogP contribution >= 0.6 is 0 Å². The molecule has 2 amide bonds. The Labute approximate surface area is 148 Å². The first-order chi connectivity index (χ1) is 12.1. The van der Waals surface area contributed by atoms with Crippen molar-refractivity contribution in [1.82, 2.24) is 24.7 Å². The van der Waals surface area contributed by atoms with E-state index in [2.05, 4.69) is 14.9 Å². The van der Waals surface area contributed by atoms with Crippen molar-refractivity contribution < 1.29 is 9.59 Å². The summed E-state index contributed by atoms with van der Waals surface area (Å²) in [6.07, 6.45) is 8.48. The number of hydrogen-bond donors (Lipinski definition) is 0. The summed E-state index contributed by atoms with van der Waals surface area (Å²) in [5.74, 6) is 0.805. The van der Waals surface area contributed by atoms with E-state index in [1.54, 1.807) is 12.4 Å². The lowest BCUT2D eigenvalue weighted by atomic mass is 9.90. The van der Waals surface area contributed by atoms with Gasteiger partial charge < -0.3 is 9.80 Å². The van der Waals surface area contributed by atoms with Gasteiger partial charge in [0, 0.05) is 57.6 Å². The second-order valence-corrected chi connectivity index (χ2v) is 7.43. The third-order valence-corrected chi connectivity index (χ3v) is 6.13. The fourth-order valence-electron chi connectivity index (χ4n) is 4.57. The van der Waals surface area contributed by atoms with Crippen molar-refractivity contribution >= 4 is 11.8 Å². The molecule has 0 aliphatic carbocycles. The van der Waals surface area contributed by atoms with E-state index < -0.39 is 0 Å². The molecule has 0 saturated carbocycles. The molecule has 3 aliphatic rings. The van der Waals surface area contributed by atoms with Gasteiger partial charge in [0.05, 0.1) is 6.20 Å². The van der Waals surface area contributed by atoms with Crippen LogP contribution in [0, 0.1) is 5.92 Å². The molecule has 0 bridgehead atoms. The number of carbonyl (C=O) groups excluding carboxylic acids is 2. The third-order valence-electron chi connectivity index (χ3n) is 6.13. The molecule has 0 radical (unpaired) electrons. The van der Waals surface area contributed by atoms with Gasteiger partial charge in [-0.1, -0.05) is 0 Å². The highest BCUT2D eigenvalue weighted by Crippen LogP contribution is 2.33. The fraction of sp³-hybridized carbons (Fsp3) is 0.667. The number of piperidine rings is 2. The zero-order valence-corrected chi connectivity index (χ0v) is 14.7. The van der Waals surface area contributed by atoms with Crippen LogP contribution < -0.4 is 0 Å². The zero-order valence-electron chi connectivity index (χ0n) is 14.7. The summed E-state index contributed by atoms with van der Waals surface area (Å²) in [5, 5.41) is 0. The maximum absolute atomic E-state index is 12.5. The van der Waals surface area contributed by atoms with Gasteiger partial charge in [-0.3, -0.25) is 19.5 Å². The molecule has 4 heterocycles. The molecule has 2 atom stereocenters. The monoisotopic (exact) mass is 343 g/mol. The number of aromatic nitrogens is 2. The van der Waals surface area contributed by atoms with Crippen molar-refractivity contribution in [2.75, 3.05) is 33.2 Å². The number of fused-ring (bicyclic) bond motifs is 1. The Kier molecular flexibility index (Phi) is 4.41. The van der Waals surface area contributed by atoms with Crippen molar-refractivity contribution in [3.63, 3.8) is 0 Å². The molecule has 1 aromatic rings. The van der Waals surface area contributed by atoms with Gasteiger partial charge in [0.1, 0.15) is 5.69 Å². The van der Waals surface area contributed by atoms with Crippen molar-refractivity contribution in [3.8, 4) is 0 Å². The number of nitrogens with zero attached hydrogens (tertiary/aromatic N) is 5. The number of amides is 2. The molecule has 0 unspecified atom stereocenters. The Bertz CT molecular complexity index is 644. The standard InChI is InChI=1S/C18H25N5O2/c1-21-16-12-23(7-2-13(16)10-17(21)24)14-3-8-22(9-4-14)18(25)15-11-19-5-6-20-15/h5-6,11,13-14,16H,2-4,7-10,12H2,1H3/t13-,16-/m1/s1. The topological polar surface area (TPSA) is 69.6 Å². The Hall–Kier alpha value is -2.02. The minimum Gasteiger partial charge on any atom is -0.341 e. The highest BCUT2D eigenvalue weighted by Gasteiger charge is 2.42. The quantitative estimate of drug-likeness (QED) is 0.788. The van der Waals surface area contributed by atoms with Gasteiger partial charge in [0.25, 0.3) is 5.91 Å². The molecule has 0 spiro atoms. The molecule has 0 aromatic carbocycles. The van der Waals surface area contributed by atoms with Crippen molar-refractivity contribution in [2.24, 2.45) is 5.92 Å². The van der Waals surface area contributed by atoms with Gasteiger partial charge in [-0.15, -0.1) is 0 Å². The van der Waals surface area contributed by atoms with Crippen LogP contribution in [0.4, 0.5) is 0 Å². The van der Waals surface area contributed by atoms with Crippen molar-refractivity contribution in [2.45, 2.75) is 37.8 Å². The minimum atomic E-state index is -0.0219. The lowest BCUT2D eigenvalue weighted by Gasteiger charge is -2.44. The second kappa shape index (κ2) is 6.71. The highest BCUT2D eigenvalue weighted by atomic mass is 16.2. The molecule has 3 aliphatic heterocycles. The largest absolute Gasteiger partial charge is 0.341 e. The molecular weight excluding hydrogens is 318 g/mol. The fourth-order valence-corrected chi connectivity index (χ4v) is 4.57. The first-order valence-corrected chi connectivity index (χ1v) is 9.18. The van der Waals surface area contributed by atoms with Gasteiger partial charge in [0.2, 0.25) is 5.91 Å². The smallest absolute Gasteiger partial charge is 0.274 e. The molecule has 1 aromatic heterocycles. The van der Waals surface area contributed by atoms with Crippen molar-refractivity contribution in [1.29, 1.82) is 0 Å². The lowest BCUT2D eigenvalue weighted by Crippen LogP contribution is -2.54. The summed E-state index contributed by atoms with van der Waals surface area (Å²) in [7, 11) is 1.94. The van der Waals surface area contributed by atoms with E-state index in [1.165, 1.54) is 6.20 Å². The van der Waals surface area contributed by atoms with E-state index in [9.17, 15) is 9.59 Å². The summed E-state index contributed by atoms with van der Waals surface area (Å²) < 4.78 is 0. The van der Waals surface area contributed by atoms with Crippen LogP contribution in [0.1, 0.15) is 36.2 Å². The minimum absolute atomic E-state index is 0.0219. The number of likely N-dealkylation sites (N-methyl/N-ethyl adjacent to an activating group) is 1. The molecule has 7 nitrogen and oxygen atoms in total. The van der Waals surface area contributed by atoms with Gasteiger partial charge >= 0.3 is 0 Å². The van der Waals surface area contributed by atoms with Crippen LogP contribution in [-0.2, 0) is 4.79 Å². The van der Waals surface area contributed by atoms with Crippen LogP contribution in [0.25, 0.3) is 0 Å². The third kappa shape index (κ3) is 3.13. The van der Waals surface area contributed by atoms with Gasteiger partial charge in [0.15, 0.2) is 0 Å². The molecule has 3 saturated heterocycles. The lowest BCUT2D eigenvalue weighted by molar-refractivity contribution is -0.127. The molecule has 0 N–H and O–H groups in total. The van der Waals surface area contributed by atoms with Crippen LogP contribution in [0.2, 0.25) is 0 Å². The summed E-state index contributed by atoms with van der Waals surface area (Å²) in [6, 6.07) is 0.886. The Morgan fingerprint density at radius 1 is 1.16 bits per heavy atom. The van der Waals surface area contributed by atoms with E-state index in [0.29, 0.717) is 29.6 Å². The summed E-state index contributed by atoms with van der Waals surface area (Å²) >= 11 is 0. The molecular formula is C18H25N5O2. The number of rotatable bonds is 2. The number of likely N-dealkylation sites (tertiary alicyclic amines) is 3. The number of carbonyl (C=O) groups is 2. The number of hydrogen-bond acceptors (Lipinski definition) is 5. The van der Waals surface area contributed by atoms with Crippen molar-refractivity contribution in [3.05, 3.63) is 24.3 Å². The van der Waals surface area contributed by atoms with Gasteiger partial charge in [-0.2, -0.15) is 0 Å². The highest BCUT2D eigenvalue weighted by molar-refractivity contribution is 5.92. The van der Waals surface area contributed by atoms with Crippen LogP contribution in [0.3, 0.4) is 0 Å². The normalized spacial score (nSPS) is 28.3. The maximum Gasteiger partial charge on any atom is 0.274 e. The van der Waals surface area contributed by atoms with Crippen LogP contribution in [0.5, 0.6) is 0 Å². The molecule has 3 fully saturated rings. The van der Waals surface area contributed by atoms with E-state index in [0.717, 1.165) is 51.9 Å². The van der Waals surface area contributed by atoms with E-state index in [4.69, 9.17) is 0 Å². The summed E-state index contributed by atoms with van der Waals surface area (Å²) in [5.41, 5.74) is 0.424. The molecule has 134 valence electrons. The SMILES string of the molecule is CN1C(=O)C[C@H]2CCN(C3CCN(C(=O)c4cnccn4)CC3)C[C@H]21. The predicted octanol–water partition coefficient (Wildman–Crippen LogP) is 0.634. The van der Waals surface area contributed by atoms with Gasteiger partial charge in [-0.05, 0) is 31.7 Å². The second-order valence-electron chi connectivity index (χ2n) is 7.43. The Morgan fingerprint density at radius 3 is 2.68 bits per heavy atom. The molecule has 7 heteroatoms. The van der Waals surface area contributed by atoms with E-state index >= 15 is 0 Å². The van der Waals surface area contributed by atoms with Gasteiger partial charge in [-0.25, -0.2) is 4.98 Å². The summed E-state index contributed by atoms with van der Waals surface area (Å²) in [4.78, 5) is 38.9. The maximum atomic E-state index is 12.5. The predicted molar refractivity (Wildman–Crippen MR) is 91.8 cm³/mol. The Morgan fingerprint density at radius 2 is 1.96 bits per heavy atom. The average molecular weight is 343 g/mol. The first kappa shape index (κ1) is 16.4. The average Bonchev–Trinajstić information content (AvgIpc) is 2.95. The molecule has 4 rings (SSSR count). The molecule has 25 heavy (non-hydrogen) atoms. The first-order valence-electron chi connectivity index (χ1n) is 9.18. The van der Waals surface area contributed by atoms with Crippen LogP contribution in [0.15, 0.2) is 18.6 Å². The zero-order chi connectivity index (χ0) is 17.4. The summed E-state index contributed by atoms with van der Waals surface area (Å²) in [6.45, 7) is 3.58. The van der Waals surface area contributed by atoms with Crippen LogP contribution in [-0.4, -0.2) is 81.8 Å². The van der Waals surface area contributed by atoms with E-state index in [-0.39, 0.29) is 5.91 Å². The van der Waals surface area contributed by atoms with E-state index in [1.807, 2.05) is 16.8 Å².